The molecule has 0 aliphatic carbocycles. The SMILES string of the molecule is CCCCC(C)N(C)C(=O)c1cc2c3c(c1)CCC(OC)N3CCC2. The smallest absolute Gasteiger partial charge is 0.253 e. The van der Waals surface area contributed by atoms with Crippen molar-refractivity contribution in [1.29, 1.82) is 0 Å². The lowest BCUT2D eigenvalue weighted by atomic mass is 9.89. The number of carbonyl (C=O) groups excluding carboxylic acids is 1. The van der Waals surface area contributed by atoms with Gasteiger partial charge in [-0.25, -0.2) is 0 Å². The Labute approximate surface area is 152 Å². The Kier molecular flexibility index (Phi) is 5.67. The summed E-state index contributed by atoms with van der Waals surface area (Å²) in [5.74, 6) is 0.161. The second kappa shape index (κ2) is 7.77. The molecule has 0 bridgehead atoms. The quantitative estimate of drug-likeness (QED) is 0.782. The number of nitrogens with zero attached hydrogens (tertiary/aromatic N) is 2. The molecule has 2 heterocycles. The fourth-order valence-electron chi connectivity index (χ4n) is 4.25. The van der Waals surface area contributed by atoms with Gasteiger partial charge < -0.3 is 14.5 Å². The van der Waals surface area contributed by atoms with Crippen LogP contribution in [0, 0.1) is 0 Å². The summed E-state index contributed by atoms with van der Waals surface area (Å²) in [5, 5.41) is 0. The minimum Gasteiger partial charge on any atom is -0.362 e. The average molecular weight is 344 g/mol. The van der Waals surface area contributed by atoms with Crippen LogP contribution in [0.3, 0.4) is 0 Å². The van der Waals surface area contributed by atoms with Crippen LogP contribution in [0.5, 0.6) is 0 Å². The lowest BCUT2D eigenvalue weighted by Gasteiger charge is -2.42. The fraction of sp³-hybridized carbons (Fsp3) is 0.667. The van der Waals surface area contributed by atoms with Crippen molar-refractivity contribution in [3.8, 4) is 0 Å². The largest absolute Gasteiger partial charge is 0.362 e. The van der Waals surface area contributed by atoms with Crippen molar-refractivity contribution in [2.24, 2.45) is 0 Å². The molecule has 4 heteroatoms. The van der Waals surface area contributed by atoms with Crippen molar-refractivity contribution in [2.45, 2.75) is 71.1 Å². The summed E-state index contributed by atoms with van der Waals surface area (Å²) in [4.78, 5) is 17.3. The number of methoxy groups -OCH3 is 1. The number of anilines is 1. The number of benzene rings is 1. The first-order valence-corrected chi connectivity index (χ1v) is 9.79. The van der Waals surface area contributed by atoms with Crippen molar-refractivity contribution in [2.75, 3.05) is 25.6 Å². The number of amides is 1. The van der Waals surface area contributed by atoms with E-state index in [1.807, 2.05) is 11.9 Å². The normalized spacial score (nSPS) is 20.2. The van der Waals surface area contributed by atoms with Crippen LogP contribution in [0.2, 0.25) is 0 Å². The molecule has 2 aliphatic heterocycles. The van der Waals surface area contributed by atoms with Gasteiger partial charge in [0.2, 0.25) is 0 Å². The number of rotatable bonds is 6. The van der Waals surface area contributed by atoms with Gasteiger partial charge >= 0.3 is 0 Å². The third-order valence-electron chi connectivity index (χ3n) is 5.88. The first-order valence-electron chi connectivity index (χ1n) is 9.79. The Morgan fingerprint density at radius 2 is 2.08 bits per heavy atom. The predicted octanol–water partition coefficient (Wildman–Crippen LogP) is 4.01. The summed E-state index contributed by atoms with van der Waals surface area (Å²) >= 11 is 0. The molecular formula is C21H32N2O2. The Balaban J connectivity index is 1.86. The van der Waals surface area contributed by atoms with E-state index >= 15 is 0 Å². The molecule has 0 spiro atoms. The zero-order chi connectivity index (χ0) is 18.0. The topological polar surface area (TPSA) is 32.8 Å². The lowest BCUT2D eigenvalue weighted by Crippen LogP contribution is -2.44. The summed E-state index contributed by atoms with van der Waals surface area (Å²) in [6.07, 6.45) is 7.78. The van der Waals surface area contributed by atoms with E-state index in [1.54, 1.807) is 7.11 Å². The van der Waals surface area contributed by atoms with E-state index in [9.17, 15) is 4.79 Å². The Morgan fingerprint density at radius 1 is 1.36 bits per heavy atom. The minimum absolute atomic E-state index is 0.161. The van der Waals surface area contributed by atoms with Crippen molar-refractivity contribution in [3.05, 3.63) is 28.8 Å². The molecule has 2 unspecified atom stereocenters. The van der Waals surface area contributed by atoms with Crippen molar-refractivity contribution >= 4 is 11.6 Å². The number of hydrogen-bond acceptors (Lipinski definition) is 3. The van der Waals surface area contributed by atoms with E-state index in [2.05, 4.69) is 30.9 Å². The highest BCUT2D eigenvalue weighted by molar-refractivity contribution is 5.95. The zero-order valence-corrected chi connectivity index (χ0v) is 16.2. The number of unbranched alkanes of at least 4 members (excludes halogenated alkanes) is 1. The third-order valence-corrected chi connectivity index (χ3v) is 5.88. The van der Waals surface area contributed by atoms with Gasteiger partial charge in [-0.1, -0.05) is 19.8 Å². The molecule has 3 rings (SSSR count). The highest BCUT2D eigenvalue weighted by atomic mass is 16.5. The molecular weight excluding hydrogens is 312 g/mol. The van der Waals surface area contributed by atoms with E-state index in [-0.39, 0.29) is 18.2 Å². The summed E-state index contributed by atoms with van der Waals surface area (Å²) in [6.45, 7) is 5.41. The first kappa shape index (κ1) is 18.2. The van der Waals surface area contributed by atoms with Gasteiger partial charge in [0.25, 0.3) is 5.91 Å². The molecule has 2 aliphatic rings. The zero-order valence-electron chi connectivity index (χ0n) is 16.2. The molecule has 1 amide bonds. The van der Waals surface area contributed by atoms with Gasteiger partial charge in [0.1, 0.15) is 6.23 Å². The first-order chi connectivity index (χ1) is 12.1. The average Bonchev–Trinajstić information content (AvgIpc) is 2.65. The van der Waals surface area contributed by atoms with Gasteiger partial charge in [0.05, 0.1) is 0 Å². The minimum atomic E-state index is 0.161. The van der Waals surface area contributed by atoms with Crippen LogP contribution in [0.25, 0.3) is 0 Å². The molecule has 0 saturated heterocycles. The van der Waals surface area contributed by atoms with Crippen LogP contribution in [0.4, 0.5) is 5.69 Å². The summed E-state index contributed by atoms with van der Waals surface area (Å²) in [7, 11) is 3.75. The van der Waals surface area contributed by atoms with Gasteiger partial charge in [-0.15, -0.1) is 0 Å². The molecule has 0 radical (unpaired) electrons. The molecule has 0 saturated carbocycles. The second-order valence-electron chi connectivity index (χ2n) is 7.58. The Bertz CT molecular complexity index is 611. The predicted molar refractivity (Wildman–Crippen MR) is 102 cm³/mol. The highest BCUT2D eigenvalue weighted by Gasteiger charge is 2.32. The van der Waals surface area contributed by atoms with Crippen molar-refractivity contribution in [3.63, 3.8) is 0 Å². The number of carbonyl (C=O) groups is 1. The van der Waals surface area contributed by atoms with E-state index < -0.39 is 0 Å². The third kappa shape index (κ3) is 3.55. The Hall–Kier alpha value is -1.55. The van der Waals surface area contributed by atoms with Crippen LogP contribution >= 0.6 is 0 Å². The molecule has 2 atom stereocenters. The molecule has 1 aromatic carbocycles. The lowest BCUT2D eigenvalue weighted by molar-refractivity contribution is 0.0734. The summed E-state index contributed by atoms with van der Waals surface area (Å²) in [5.41, 5.74) is 4.84. The second-order valence-corrected chi connectivity index (χ2v) is 7.58. The molecule has 4 nitrogen and oxygen atoms in total. The van der Waals surface area contributed by atoms with Crippen LogP contribution in [-0.2, 0) is 17.6 Å². The van der Waals surface area contributed by atoms with Crippen molar-refractivity contribution in [1.82, 2.24) is 4.90 Å². The fourth-order valence-corrected chi connectivity index (χ4v) is 4.25. The Morgan fingerprint density at radius 3 is 2.76 bits per heavy atom. The molecule has 138 valence electrons. The van der Waals surface area contributed by atoms with Gasteiger partial charge in [-0.3, -0.25) is 4.79 Å². The summed E-state index contributed by atoms with van der Waals surface area (Å²) < 4.78 is 5.68. The summed E-state index contributed by atoms with van der Waals surface area (Å²) in [6, 6.07) is 4.55. The molecule has 0 aromatic heterocycles. The highest BCUT2D eigenvalue weighted by Crippen LogP contribution is 2.39. The van der Waals surface area contributed by atoms with Gasteiger partial charge in [-0.2, -0.15) is 0 Å². The molecule has 0 fully saturated rings. The van der Waals surface area contributed by atoms with Gasteiger partial charge in [0.15, 0.2) is 0 Å². The molecule has 25 heavy (non-hydrogen) atoms. The monoisotopic (exact) mass is 344 g/mol. The number of hydrogen-bond donors (Lipinski definition) is 0. The number of ether oxygens (including phenoxy) is 1. The number of aryl methyl sites for hydroxylation is 2. The molecule has 1 aromatic rings. The van der Waals surface area contributed by atoms with E-state index in [4.69, 9.17) is 4.74 Å². The van der Waals surface area contributed by atoms with E-state index in [1.165, 1.54) is 29.7 Å². The van der Waals surface area contributed by atoms with Gasteiger partial charge in [0, 0.05) is 38.0 Å². The van der Waals surface area contributed by atoms with Gasteiger partial charge in [-0.05, 0) is 62.3 Å². The van der Waals surface area contributed by atoms with E-state index in [0.29, 0.717) is 0 Å². The van der Waals surface area contributed by atoms with Crippen LogP contribution in [0.1, 0.15) is 67.4 Å². The molecule has 0 N–H and O–H groups in total. The maximum Gasteiger partial charge on any atom is 0.253 e. The van der Waals surface area contributed by atoms with Crippen LogP contribution in [0.15, 0.2) is 12.1 Å². The van der Waals surface area contributed by atoms with Crippen LogP contribution < -0.4 is 4.90 Å². The maximum absolute atomic E-state index is 13.0. The van der Waals surface area contributed by atoms with E-state index in [0.717, 1.165) is 44.2 Å². The van der Waals surface area contributed by atoms with Crippen molar-refractivity contribution < 1.29 is 9.53 Å². The standard InChI is InChI=1S/C21H32N2O2/c1-5-6-8-15(2)22(3)21(24)18-13-16-9-7-12-23-19(25-4)11-10-17(14-18)20(16)23/h13-15,19H,5-12H2,1-4H3. The van der Waals surface area contributed by atoms with Crippen LogP contribution in [-0.4, -0.2) is 43.8 Å². The maximum atomic E-state index is 13.0.